The summed E-state index contributed by atoms with van der Waals surface area (Å²) < 4.78 is 0. The fourth-order valence-electron chi connectivity index (χ4n) is 10.1. The Balaban J connectivity index is 0.713. The number of piperazine rings is 1. The number of hydrogen-bond donors (Lipinski definition) is 1. The lowest BCUT2D eigenvalue weighted by Crippen LogP contribution is -2.62. The highest BCUT2D eigenvalue weighted by atomic mass is 35.5. The lowest BCUT2D eigenvalue weighted by Gasteiger charge is -2.49. The summed E-state index contributed by atoms with van der Waals surface area (Å²) >= 11 is 6.35. The first kappa shape index (κ1) is 36.2. The molecule has 13 nitrogen and oxygen atoms in total. The van der Waals surface area contributed by atoms with Crippen LogP contribution in [0.15, 0.2) is 84.7 Å². The van der Waals surface area contributed by atoms with Gasteiger partial charge in [-0.15, -0.1) is 0 Å². The van der Waals surface area contributed by atoms with Crippen LogP contribution in [0.3, 0.4) is 0 Å². The molecule has 10 rings (SSSR count). The van der Waals surface area contributed by atoms with Crippen molar-refractivity contribution in [3.63, 3.8) is 0 Å². The Bertz CT molecular complexity index is 2410. The van der Waals surface area contributed by atoms with Crippen LogP contribution in [0.1, 0.15) is 68.7 Å². The maximum atomic E-state index is 13.7. The lowest BCUT2D eigenvalue weighted by molar-refractivity contribution is -0.136. The van der Waals surface area contributed by atoms with E-state index in [4.69, 9.17) is 11.6 Å². The molecule has 0 aromatic heterocycles. The van der Waals surface area contributed by atoms with Gasteiger partial charge in [-0.3, -0.25) is 34.2 Å². The highest BCUT2D eigenvalue weighted by molar-refractivity contribution is 6.32. The van der Waals surface area contributed by atoms with Crippen molar-refractivity contribution < 1.29 is 24.0 Å². The Morgan fingerprint density at radius 2 is 1.60 bits per heavy atom. The Labute approximate surface area is 340 Å². The smallest absolute Gasteiger partial charge is 0.262 e. The first-order chi connectivity index (χ1) is 28.0. The SMILES string of the molecule is C=C1CC2(CCN(c3ccc(C(=O)N4CC5=C[C@H]4CN5C4CN(c5ccc6c(c5)C(=O)N(C5CCC(=O)NC5=O)C6=O)C4)cc3)CC2)CN1c1ccc(C#N)c(Cl)c1. The first-order valence-corrected chi connectivity index (χ1v) is 20.3. The minimum absolute atomic E-state index is 0.0115. The van der Waals surface area contributed by atoms with Crippen LogP contribution in [0.5, 0.6) is 0 Å². The van der Waals surface area contributed by atoms with Crippen LogP contribution in [-0.4, -0.2) is 108 Å². The highest BCUT2D eigenvalue weighted by Gasteiger charge is 2.47. The Morgan fingerprint density at radius 1 is 0.879 bits per heavy atom. The van der Waals surface area contributed by atoms with Gasteiger partial charge in [0.05, 0.1) is 40.3 Å². The second-order valence-electron chi connectivity index (χ2n) is 16.7. The zero-order chi connectivity index (χ0) is 40.0. The molecule has 1 spiro atoms. The molecule has 3 aromatic carbocycles. The maximum absolute atomic E-state index is 13.7. The van der Waals surface area contributed by atoms with E-state index in [9.17, 15) is 29.2 Å². The third-order valence-electron chi connectivity index (χ3n) is 13.4. The molecule has 58 heavy (non-hydrogen) atoms. The first-order valence-electron chi connectivity index (χ1n) is 19.9. The molecular weight excluding hydrogens is 756 g/mol. The molecule has 3 aromatic rings. The van der Waals surface area contributed by atoms with Gasteiger partial charge in [0.25, 0.3) is 17.7 Å². The van der Waals surface area contributed by atoms with Crippen molar-refractivity contribution in [2.45, 2.75) is 50.2 Å². The molecule has 7 aliphatic rings. The van der Waals surface area contributed by atoms with Crippen LogP contribution in [0.2, 0.25) is 5.02 Å². The number of amides is 5. The van der Waals surface area contributed by atoms with Crippen molar-refractivity contribution >= 4 is 58.2 Å². The van der Waals surface area contributed by atoms with E-state index in [0.29, 0.717) is 22.7 Å². The van der Waals surface area contributed by atoms with Gasteiger partial charge in [-0.25, -0.2) is 0 Å². The van der Waals surface area contributed by atoms with E-state index in [0.717, 1.165) is 91.9 Å². The Kier molecular flexibility index (Phi) is 8.42. The average molecular weight is 797 g/mol. The highest BCUT2D eigenvalue weighted by Crippen LogP contribution is 2.47. The Morgan fingerprint density at radius 3 is 2.29 bits per heavy atom. The molecule has 7 heterocycles. The second kappa shape index (κ2) is 13.5. The minimum atomic E-state index is -0.990. The van der Waals surface area contributed by atoms with Gasteiger partial charge in [-0.05, 0) is 97.8 Å². The number of allylic oxidation sites excluding steroid dienone is 1. The van der Waals surface area contributed by atoms with Gasteiger partial charge in [0.2, 0.25) is 11.8 Å². The molecule has 2 bridgehead atoms. The number of anilines is 3. The standard InChI is InChI=1S/C44H41ClN8O5/c1-26-19-44(25-52(26)31-7-4-28(20-46)37(45)18-31)12-14-48(15-13-44)29-5-2-27(3-6-29)41(56)51-24-32-16-33(51)23-50(32)34-21-49(22-34)30-8-9-35-36(17-30)43(58)53(42(35)57)38-10-11-39(54)47-40(38)55/h2-9,16-18,33-34,38H,1,10-15,19,21-25H2,(H,47,54,55)/t33-,38?/m0/s1. The number of benzene rings is 3. The number of fused-ring (bicyclic) bond motifs is 2. The number of hydrogen-bond acceptors (Lipinski definition) is 10. The van der Waals surface area contributed by atoms with E-state index in [1.165, 1.54) is 0 Å². The van der Waals surface area contributed by atoms with Crippen molar-refractivity contribution in [3.8, 4) is 6.07 Å². The zero-order valence-corrected chi connectivity index (χ0v) is 32.6. The summed E-state index contributed by atoms with van der Waals surface area (Å²) in [4.78, 5) is 76.4. The third kappa shape index (κ3) is 5.84. The van der Waals surface area contributed by atoms with Crippen molar-refractivity contribution in [2.75, 3.05) is 60.5 Å². The van der Waals surface area contributed by atoms with E-state index in [-0.39, 0.29) is 47.4 Å². The molecule has 4 fully saturated rings. The number of imide groups is 2. The number of carbonyl (C=O) groups is 5. The zero-order valence-electron chi connectivity index (χ0n) is 31.8. The van der Waals surface area contributed by atoms with E-state index >= 15 is 0 Å². The fraction of sp³-hybridized carbons (Fsp3) is 0.364. The summed E-state index contributed by atoms with van der Waals surface area (Å²) in [5.74, 6) is -2.01. The lowest BCUT2D eigenvalue weighted by atomic mass is 9.77. The van der Waals surface area contributed by atoms with Gasteiger partial charge in [0, 0.05) is 79.7 Å². The number of piperidine rings is 2. The molecule has 1 N–H and O–H groups in total. The fourth-order valence-corrected chi connectivity index (χ4v) is 10.3. The van der Waals surface area contributed by atoms with E-state index < -0.39 is 29.7 Å². The molecule has 7 aliphatic heterocycles. The molecule has 14 heteroatoms. The number of nitrogens with zero attached hydrogens (tertiary/aromatic N) is 7. The predicted molar refractivity (Wildman–Crippen MR) is 216 cm³/mol. The summed E-state index contributed by atoms with van der Waals surface area (Å²) in [5, 5.41) is 12.0. The molecule has 0 aliphatic carbocycles. The summed E-state index contributed by atoms with van der Waals surface area (Å²) in [6, 6.07) is 20.3. The molecule has 1 unspecified atom stereocenters. The van der Waals surface area contributed by atoms with Crippen molar-refractivity contribution in [1.29, 1.82) is 5.26 Å². The van der Waals surface area contributed by atoms with Crippen molar-refractivity contribution in [1.82, 2.24) is 20.0 Å². The van der Waals surface area contributed by atoms with Crippen LogP contribution in [0.4, 0.5) is 17.1 Å². The number of nitrogens with one attached hydrogen (secondary N) is 1. The number of nitriles is 1. The van der Waals surface area contributed by atoms with Gasteiger partial charge in [-0.1, -0.05) is 18.2 Å². The molecule has 2 atom stereocenters. The summed E-state index contributed by atoms with van der Waals surface area (Å²) in [7, 11) is 0. The average Bonchev–Trinajstić information content (AvgIpc) is 3.96. The summed E-state index contributed by atoms with van der Waals surface area (Å²) in [6.45, 7) is 9.90. The van der Waals surface area contributed by atoms with Crippen LogP contribution < -0.4 is 20.0 Å². The minimum Gasteiger partial charge on any atom is -0.371 e. The predicted octanol–water partition coefficient (Wildman–Crippen LogP) is 4.54. The quantitative estimate of drug-likeness (QED) is 0.354. The van der Waals surface area contributed by atoms with E-state index in [1.807, 2.05) is 35.2 Å². The number of halogens is 1. The topological polar surface area (TPSA) is 141 Å². The molecule has 4 saturated heterocycles. The van der Waals surface area contributed by atoms with Crippen molar-refractivity contribution in [2.24, 2.45) is 5.41 Å². The molecule has 294 valence electrons. The van der Waals surface area contributed by atoms with Gasteiger partial charge in [-0.2, -0.15) is 5.26 Å². The van der Waals surface area contributed by atoms with Crippen LogP contribution in [0.25, 0.3) is 0 Å². The molecule has 0 saturated carbocycles. The van der Waals surface area contributed by atoms with E-state index in [1.54, 1.807) is 18.2 Å². The molecule has 0 radical (unpaired) electrons. The molecule has 5 amide bonds. The third-order valence-corrected chi connectivity index (χ3v) is 13.7. The van der Waals surface area contributed by atoms with Gasteiger partial charge < -0.3 is 24.5 Å². The van der Waals surface area contributed by atoms with Crippen LogP contribution >= 0.6 is 11.6 Å². The Hall–Kier alpha value is -6.13. The summed E-state index contributed by atoms with van der Waals surface area (Å²) in [5.41, 5.74) is 7.03. The van der Waals surface area contributed by atoms with E-state index in [2.05, 4.69) is 55.8 Å². The number of rotatable bonds is 6. The molecular formula is C44H41ClN8O5. The van der Waals surface area contributed by atoms with Crippen LogP contribution in [0, 0.1) is 16.7 Å². The monoisotopic (exact) mass is 796 g/mol. The largest absolute Gasteiger partial charge is 0.371 e. The van der Waals surface area contributed by atoms with Gasteiger partial charge in [0.1, 0.15) is 12.1 Å². The van der Waals surface area contributed by atoms with Crippen LogP contribution in [-0.2, 0) is 9.59 Å². The number of carbonyl (C=O) groups excluding carboxylic acids is 5. The van der Waals surface area contributed by atoms with Crippen molar-refractivity contribution in [3.05, 3.63) is 112 Å². The summed E-state index contributed by atoms with van der Waals surface area (Å²) in [6.07, 6.45) is 5.41. The van der Waals surface area contributed by atoms with Gasteiger partial charge in [0.15, 0.2) is 0 Å². The normalized spacial score (nSPS) is 23.8. The second-order valence-corrected chi connectivity index (χ2v) is 17.1. The van der Waals surface area contributed by atoms with Gasteiger partial charge >= 0.3 is 0 Å². The maximum Gasteiger partial charge on any atom is 0.262 e.